The minimum Gasteiger partial charge on any atom is -0.489 e. The molecule has 1 saturated heterocycles. The highest BCUT2D eigenvalue weighted by atomic mass is 35.5. The van der Waals surface area contributed by atoms with E-state index >= 15 is 0 Å². The van der Waals surface area contributed by atoms with E-state index in [9.17, 15) is 10.1 Å². The lowest BCUT2D eigenvalue weighted by atomic mass is 10.1. The average Bonchev–Trinajstić information content (AvgIpc) is 3.41. The second kappa shape index (κ2) is 10.6. The minimum atomic E-state index is -0.641. The molecule has 3 aromatic rings. The maximum Gasteiger partial charge on any atom is 0.415 e. The molecule has 11 heteroatoms. The third kappa shape index (κ3) is 5.84. The van der Waals surface area contributed by atoms with Gasteiger partial charge in [-0.3, -0.25) is 9.47 Å². The van der Waals surface area contributed by atoms with E-state index in [-0.39, 0.29) is 11.8 Å². The molecule has 9 nitrogen and oxygen atoms in total. The largest absolute Gasteiger partial charge is 0.489 e. The van der Waals surface area contributed by atoms with E-state index in [2.05, 4.69) is 33.0 Å². The maximum absolute atomic E-state index is 10.9. The van der Waals surface area contributed by atoms with Crippen LogP contribution in [0.3, 0.4) is 0 Å². The summed E-state index contributed by atoms with van der Waals surface area (Å²) < 4.78 is 13.5. The summed E-state index contributed by atoms with van der Waals surface area (Å²) in [4.78, 5) is 19.0. The first-order valence-electron chi connectivity index (χ1n) is 12.0. The van der Waals surface area contributed by atoms with Crippen molar-refractivity contribution in [3.63, 3.8) is 0 Å². The van der Waals surface area contributed by atoms with Gasteiger partial charge in [0.25, 0.3) is 0 Å². The van der Waals surface area contributed by atoms with E-state index in [1.807, 2.05) is 43.3 Å². The van der Waals surface area contributed by atoms with Gasteiger partial charge in [0.2, 0.25) is 0 Å². The van der Waals surface area contributed by atoms with Gasteiger partial charge < -0.3 is 24.5 Å². The van der Waals surface area contributed by atoms with Gasteiger partial charge in [-0.15, -0.1) is 0 Å². The molecule has 1 fully saturated rings. The van der Waals surface area contributed by atoms with Gasteiger partial charge in [-0.2, -0.15) is 0 Å². The van der Waals surface area contributed by atoms with Gasteiger partial charge in [0.1, 0.15) is 18.6 Å². The normalized spacial score (nSPS) is 19.7. The fraction of sp³-hybridized carbons (Fsp3) is 0.346. The van der Waals surface area contributed by atoms with Crippen molar-refractivity contribution in [2.75, 3.05) is 44.2 Å². The number of nitro groups is 1. The van der Waals surface area contributed by atoms with Crippen molar-refractivity contribution in [3.05, 3.63) is 80.5 Å². The van der Waals surface area contributed by atoms with Crippen LogP contribution in [0.15, 0.2) is 54.7 Å². The summed E-state index contributed by atoms with van der Waals surface area (Å²) in [6.07, 6.45) is 5.49. The van der Waals surface area contributed by atoms with Gasteiger partial charge in [-0.05, 0) is 48.2 Å². The van der Waals surface area contributed by atoms with Crippen molar-refractivity contribution in [2.24, 2.45) is 0 Å². The number of fused-ring (bicyclic) bond motifs is 1. The number of benzene rings is 2. The smallest absolute Gasteiger partial charge is 0.415 e. The summed E-state index contributed by atoms with van der Waals surface area (Å²) in [5.74, 6) is 0.527. The molecule has 0 bridgehead atoms. The summed E-state index contributed by atoms with van der Waals surface area (Å²) in [7, 11) is 0. The van der Waals surface area contributed by atoms with Crippen LogP contribution in [0.25, 0.3) is 6.08 Å². The average molecular weight is 544 g/mol. The Morgan fingerprint density at radius 1 is 1.14 bits per heavy atom. The van der Waals surface area contributed by atoms with E-state index in [4.69, 9.17) is 32.7 Å². The SMILES string of the molecule is C[C@]1(COc2ccc(N3CCN(C/C=C/c4c(Cl)cccc4Cl)CC3)cc2)Cn2cc([N+](=O)[O-])nc2O1. The van der Waals surface area contributed by atoms with Gasteiger partial charge in [-0.1, -0.05) is 41.4 Å². The zero-order valence-electron chi connectivity index (χ0n) is 20.3. The van der Waals surface area contributed by atoms with Gasteiger partial charge in [0.15, 0.2) is 5.60 Å². The lowest BCUT2D eigenvalue weighted by Gasteiger charge is -2.35. The number of aromatic nitrogens is 2. The van der Waals surface area contributed by atoms with Crippen LogP contribution >= 0.6 is 23.2 Å². The van der Waals surface area contributed by atoms with E-state index in [0.717, 1.165) is 49.7 Å². The van der Waals surface area contributed by atoms with Crippen LogP contribution < -0.4 is 14.4 Å². The summed E-state index contributed by atoms with van der Waals surface area (Å²) in [5.41, 5.74) is 1.37. The maximum atomic E-state index is 10.9. The molecule has 2 aromatic carbocycles. The van der Waals surface area contributed by atoms with Crippen molar-refractivity contribution >= 4 is 40.8 Å². The van der Waals surface area contributed by atoms with E-state index in [1.165, 1.54) is 6.20 Å². The summed E-state index contributed by atoms with van der Waals surface area (Å²) in [5, 5.41) is 12.2. The van der Waals surface area contributed by atoms with E-state index in [0.29, 0.717) is 23.2 Å². The van der Waals surface area contributed by atoms with Crippen molar-refractivity contribution in [3.8, 4) is 11.8 Å². The molecule has 0 N–H and O–H groups in total. The van der Waals surface area contributed by atoms with Crippen LogP contribution in [0.1, 0.15) is 12.5 Å². The highest BCUT2D eigenvalue weighted by Gasteiger charge is 2.41. The highest BCUT2D eigenvalue weighted by molar-refractivity contribution is 6.37. The molecule has 194 valence electrons. The predicted molar refractivity (Wildman–Crippen MR) is 144 cm³/mol. The number of imidazole rings is 1. The Balaban J connectivity index is 1.08. The number of halogens is 2. The molecular weight excluding hydrogens is 517 g/mol. The van der Waals surface area contributed by atoms with Crippen molar-refractivity contribution in [2.45, 2.75) is 19.1 Å². The number of ether oxygens (including phenoxy) is 2. The Labute approximate surface area is 225 Å². The fourth-order valence-electron chi connectivity index (χ4n) is 4.52. The molecule has 3 heterocycles. The lowest BCUT2D eigenvalue weighted by Crippen LogP contribution is -2.46. The Morgan fingerprint density at radius 2 is 1.84 bits per heavy atom. The van der Waals surface area contributed by atoms with Crippen molar-refractivity contribution < 1.29 is 14.4 Å². The molecule has 0 saturated carbocycles. The zero-order chi connectivity index (χ0) is 26.0. The molecule has 5 rings (SSSR count). The molecule has 2 aliphatic heterocycles. The van der Waals surface area contributed by atoms with Gasteiger partial charge in [0, 0.05) is 59.0 Å². The number of hydrogen-bond donors (Lipinski definition) is 0. The molecule has 0 spiro atoms. The molecule has 0 aliphatic carbocycles. The quantitative estimate of drug-likeness (QED) is 0.286. The van der Waals surface area contributed by atoms with Crippen LogP contribution in [0.4, 0.5) is 11.5 Å². The van der Waals surface area contributed by atoms with Crippen LogP contribution in [0.5, 0.6) is 11.8 Å². The molecule has 0 radical (unpaired) electrons. The zero-order valence-corrected chi connectivity index (χ0v) is 21.9. The van der Waals surface area contributed by atoms with Crippen LogP contribution in [0, 0.1) is 10.1 Å². The van der Waals surface area contributed by atoms with Crippen LogP contribution in [-0.4, -0.2) is 64.3 Å². The Morgan fingerprint density at radius 3 is 2.49 bits per heavy atom. The highest BCUT2D eigenvalue weighted by Crippen LogP contribution is 2.32. The lowest BCUT2D eigenvalue weighted by molar-refractivity contribution is -0.389. The summed E-state index contributed by atoms with van der Waals surface area (Å²) >= 11 is 12.5. The topological polar surface area (TPSA) is 85.9 Å². The first kappa shape index (κ1) is 25.4. The Bertz CT molecular complexity index is 1260. The fourth-order valence-corrected chi connectivity index (χ4v) is 5.05. The summed E-state index contributed by atoms with van der Waals surface area (Å²) in [6.45, 7) is 7.27. The Kier molecular flexibility index (Phi) is 7.28. The monoisotopic (exact) mass is 543 g/mol. The summed E-state index contributed by atoms with van der Waals surface area (Å²) in [6, 6.07) is 13.8. The number of hydrogen-bond acceptors (Lipinski definition) is 7. The number of anilines is 1. The number of rotatable bonds is 8. The van der Waals surface area contributed by atoms with Crippen molar-refractivity contribution in [1.29, 1.82) is 0 Å². The van der Waals surface area contributed by atoms with E-state index in [1.54, 1.807) is 4.57 Å². The number of nitrogens with zero attached hydrogens (tertiary/aromatic N) is 5. The van der Waals surface area contributed by atoms with Crippen LogP contribution in [-0.2, 0) is 6.54 Å². The van der Waals surface area contributed by atoms with Gasteiger partial charge in [0.05, 0.1) is 6.54 Å². The molecule has 1 aromatic heterocycles. The Hall–Kier alpha value is -3.27. The molecular formula is C26H27Cl2N5O4. The third-order valence-electron chi connectivity index (χ3n) is 6.52. The first-order chi connectivity index (χ1) is 17.8. The van der Waals surface area contributed by atoms with Crippen LogP contribution in [0.2, 0.25) is 10.0 Å². The standard InChI is InChI=1S/C26H27Cl2N5O4/c1-26(17-32-16-24(33(34)35)29-25(32)37-26)18-36-20-9-7-19(8-10-20)31-14-12-30(13-15-31)11-3-4-21-22(27)5-2-6-23(21)28/h2-10,16H,11-15,17-18H2,1H3/b4-3+/t26-/m1/s1. The number of piperazine rings is 1. The molecule has 0 unspecified atom stereocenters. The molecule has 0 amide bonds. The molecule has 1 atom stereocenters. The van der Waals surface area contributed by atoms with Crippen molar-refractivity contribution in [1.82, 2.24) is 14.5 Å². The first-order valence-corrected chi connectivity index (χ1v) is 12.8. The second-order valence-corrected chi connectivity index (χ2v) is 10.2. The minimum absolute atomic E-state index is 0.215. The van der Waals surface area contributed by atoms with E-state index < -0.39 is 10.5 Å². The second-order valence-electron chi connectivity index (χ2n) is 9.43. The third-order valence-corrected chi connectivity index (χ3v) is 7.18. The predicted octanol–water partition coefficient (Wildman–Crippen LogP) is 5.16. The van der Waals surface area contributed by atoms with Gasteiger partial charge >= 0.3 is 11.8 Å². The van der Waals surface area contributed by atoms with Gasteiger partial charge in [-0.25, -0.2) is 0 Å². The molecule has 2 aliphatic rings. The molecule has 37 heavy (non-hydrogen) atoms.